The molecule has 4 N–H and O–H groups in total. The Morgan fingerprint density at radius 3 is 2.62 bits per heavy atom. The molecule has 0 bridgehead atoms. The number of amidine groups is 1. The van der Waals surface area contributed by atoms with Crippen LogP contribution in [0.1, 0.15) is 48.9 Å². The highest BCUT2D eigenvalue weighted by molar-refractivity contribution is 7.89. The summed E-state index contributed by atoms with van der Waals surface area (Å²) in [5.41, 5.74) is 9.86. The summed E-state index contributed by atoms with van der Waals surface area (Å²) in [6.07, 6.45) is 3.82. The van der Waals surface area contributed by atoms with E-state index < -0.39 is 34.0 Å². The van der Waals surface area contributed by atoms with Crippen molar-refractivity contribution in [1.29, 1.82) is 5.41 Å². The Labute approximate surface area is 254 Å². The molecule has 0 spiro atoms. The molecule has 2 aromatic rings. The summed E-state index contributed by atoms with van der Waals surface area (Å²) in [5, 5.41) is 7.79. The van der Waals surface area contributed by atoms with Gasteiger partial charge in [0.05, 0.1) is 11.5 Å². The number of hydrogen-bond donors (Lipinski definition) is 3. The SMILES string of the molecule is CCOC(=O)[C@H]1CC(CC)=CCN1C(=O)[C@H](Cc1cccc(C(=N)N)c1)NS(=O)(=O)c1ccc2c(c1)CN(C)CC2.Cl. The Morgan fingerprint density at radius 2 is 1.93 bits per heavy atom. The lowest BCUT2D eigenvalue weighted by molar-refractivity contribution is -0.155. The van der Waals surface area contributed by atoms with Gasteiger partial charge in [-0.3, -0.25) is 10.2 Å². The number of sulfonamides is 1. The van der Waals surface area contributed by atoms with Crippen molar-refractivity contribution in [1.82, 2.24) is 14.5 Å². The molecule has 0 saturated carbocycles. The van der Waals surface area contributed by atoms with Gasteiger partial charge >= 0.3 is 5.97 Å². The summed E-state index contributed by atoms with van der Waals surface area (Å²) in [4.78, 5) is 30.6. The summed E-state index contributed by atoms with van der Waals surface area (Å²) in [6, 6.07) is 9.82. The molecule has 0 unspecified atom stereocenters. The number of amides is 1. The number of nitrogens with zero attached hydrogens (tertiary/aromatic N) is 2. The number of likely N-dealkylation sites (N-methyl/N-ethyl adjacent to an activating group) is 1. The van der Waals surface area contributed by atoms with Crippen molar-refractivity contribution in [3.05, 3.63) is 76.4 Å². The topological polar surface area (TPSA) is 146 Å². The van der Waals surface area contributed by atoms with Gasteiger partial charge in [0.1, 0.15) is 17.9 Å². The van der Waals surface area contributed by atoms with Crippen LogP contribution in [-0.2, 0) is 43.7 Å². The second kappa shape index (κ2) is 14.3. The van der Waals surface area contributed by atoms with E-state index in [-0.39, 0.29) is 42.7 Å². The summed E-state index contributed by atoms with van der Waals surface area (Å²) < 4.78 is 35.4. The zero-order chi connectivity index (χ0) is 29.7. The van der Waals surface area contributed by atoms with E-state index in [9.17, 15) is 18.0 Å². The van der Waals surface area contributed by atoms with Crippen LogP contribution in [0.3, 0.4) is 0 Å². The molecule has 10 nitrogen and oxygen atoms in total. The molecule has 228 valence electrons. The minimum atomic E-state index is -4.12. The number of nitrogens with two attached hydrogens (primary N) is 1. The second-order valence-electron chi connectivity index (χ2n) is 10.6. The van der Waals surface area contributed by atoms with Gasteiger partial charge in [-0.2, -0.15) is 4.72 Å². The number of carbonyl (C=O) groups is 2. The Morgan fingerprint density at radius 1 is 1.17 bits per heavy atom. The van der Waals surface area contributed by atoms with Gasteiger partial charge in [-0.25, -0.2) is 13.2 Å². The second-order valence-corrected chi connectivity index (χ2v) is 12.3. The highest BCUT2D eigenvalue weighted by Gasteiger charge is 2.38. The molecule has 2 aromatic carbocycles. The number of carbonyl (C=O) groups excluding carboxylic acids is 2. The predicted octanol–water partition coefficient (Wildman–Crippen LogP) is 2.77. The van der Waals surface area contributed by atoms with Crippen molar-refractivity contribution in [3.8, 4) is 0 Å². The number of halogens is 1. The average molecular weight is 618 g/mol. The molecule has 2 atom stereocenters. The molecule has 2 heterocycles. The first-order chi connectivity index (χ1) is 19.5. The lowest BCUT2D eigenvalue weighted by atomic mass is 9.96. The van der Waals surface area contributed by atoms with Crippen LogP contribution in [0.25, 0.3) is 0 Å². The standard InChI is InChI=1S/C30H39N5O5S.ClH/c1-4-20-11-14-35(27(17-20)30(37)40-5-2)29(36)26(16-21-7-6-8-23(15-21)28(31)32)33-41(38,39)25-10-9-22-12-13-34(3)19-24(22)18-25;/h6-11,15,18,26-27,33H,4-5,12-14,16-17,19H2,1-3H3,(H3,31,32);1H/t26-,27+;/m0./s1. The third-order valence-electron chi connectivity index (χ3n) is 7.67. The first-order valence-corrected chi connectivity index (χ1v) is 15.4. The third-order valence-corrected chi connectivity index (χ3v) is 9.14. The van der Waals surface area contributed by atoms with Crippen LogP contribution in [-0.4, -0.2) is 74.8 Å². The van der Waals surface area contributed by atoms with Gasteiger partial charge in [0.15, 0.2) is 0 Å². The summed E-state index contributed by atoms with van der Waals surface area (Å²) >= 11 is 0. The van der Waals surface area contributed by atoms with Crippen molar-refractivity contribution >= 4 is 40.1 Å². The van der Waals surface area contributed by atoms with Crippen LogP contribution < -0.4 is 10.5 Å². The zero-order valence-corrected chi connectivity index (χ0v) is 25.9. The predicted molar refractivity (Wildman–Crippen MR) is 164 cm³/mol. The van der Waals surface area contributed by atoms with Gasteiger partial charge in [0, 0.05) is 25.2 Å². The fraction of sp³-hybridized carbons (Fsp3) is 0.433. The van der Waals surface area contributed by atoms with Crippen molar-refractivity contribution in [2.45, 2.75) is 63.1 Å². The van der Waals surface area contributed by atoms with E-state index in [0.29, 0.717) is 24.1 Å². The fourth-order valence-electron chi connectivity index (χ4n) is 5.36. The number of esters is 1. The normalized spacial score (nSPS) is 17.8. The number of nitrogens with one attached hydrogen (secondary N) is 2. The van der Waals surface area contributed by atoms with E-state index in [2.05, 4.69) is 9.62 Å². The van der Waals surface area contributed by atoms with Gasteiger partial charge in [-0.15, -0.1) is 12.4 Å². The largest absolute Gasteiger partial charge is 0.464 e. The first-order valence-electron chi connectivity index (χ1n) is 13.9. The van der Waals surface area contributed by atoms with Crippen molar-refractivity contribution in [2.75, 3.05) is 26.7 Å². The molecule has 42 heavy (non-hydrogen) atoms. The monoisotopic (exact) mass is 617 g/mol. The number of hydrogen-bond acceptors (Lipinski definition) is 7. The molecule has 0 radical (unpaired) electrons. The quantitative estimate of drug-likeness (QED) is 0.161. The highest BCUT2D eigenvalue weighted by atomic mass is 35.5. The smallest absolute Gasteiger partial charge is 0.329 e. The van der Waals surface area contributed by atoms with E-state index in [1.54, 1.807) is 43.3 Å². The minimum Gasteiger partial charge on any atom is -0.464 e. The molecule has 0 fully saturated rings. The molecule has 0 aliphatic carbocycles. The minimum absolute atomic E-state index is 0. The molecular formula is C30H40ClN5O5S. The van der Waals surface area contributed by atoms with Crippen LogP contribution in [0.5, 0.6) is 0 Å². The molecule has 2 aliphatic rings. The van der Waals surface area contributed by atoms with Gasteiger partial charge in [0.25, 0.3) is 0 Å². The number of rotatable bonds is 10. The molecule has 1 amide bonds. The van der Waals surface area contributed by atoms with Crippen LogP contribution in [0.4, 0.5) is 0 Å². The van der Waals surface area contributed by atoms with E-state index in [0.717, 1.165) is 36.1 Å². The van der Waals surface area contributed by atoms with E-state index >= 15 is 0 Å². The lowest BCUT2D eigenvalue weighted by Crippen LogP contribution is -2.56. The van der Waals surface area contributed by atoms with E-state index in [1.807, 2.05) is 26.1 Å². The van der Waals surface area contributed by atoms with Gasteiger partial charge in [0.2, 0.25) is 15.9 Å². The molecular weight excluding hydrogens is 578 g/mol. The average Bonchev–Trinajstić information content (AvgIpc) is 2.95. The van der Waals surface area contributed by atoms with Crippen molar-refractivity contribution in [3.63, 3.8) is 0 Å². The Kier molecular flexibility index (Phi) is 11.3. The van der Waals surface area contributed by atoms with Crippen LogP contribution in [0, 0.1) is 5.41 Å². The Balaban J connectivity index is 0.00000484. The summed E-state index contributed by atoms with van der Waals surface area (Å²) in [5.74, 6) is -1.17. The molecule has 0 saturated heterocycles. The van der Waals surface area contributed by atoms with Gasteiger partial charge in [-0.1, -0.05) is 42.8 Å². The number of fused-ring (bicyclic) bond motifs is 1. The van der Waals surface area contributed by atoms with Crippen molar-refractivity contribution in [2.24, 2.45) is 5.73 Å². The molecule has 0 aromatic heterocycles. The first kappa shape index (κ1) is 33.3. The molecule has 12 heteroatoms. The summed E-state index contributed by atoms with van der Waals surface area (Å²) in [6.45, 7) is 5.57. The molecule has 4 rings (SSSR count). The van der Waals surface area contributed by atoms with E-state index in [1.165, 1.54) is 4.90 Å². The van der Waals surface area contributed by atoms with E-state index in [4.69, 9.17) is 15.9 Å². The highest BCUT2D eigenvalue weighted by Crippen LogP contribution is 2.25. The Hall–Kier alpha value is -3.25. The maximum absolute atomic E-state index is 14.1. The number of ether oxygens (including phenoxy) is 1. The lowest BCUT2D eigenvalue weighted by Gasteiger charge is -2.36. The van der Waals surface area contributed by atoms with Crippen LogP contribution >= 0.6 is 12.4 Å². The number of benzene rings is 2. The zero-order valence-electron chi connectivity index (χ0n) is 24.3. The van der Waals surface area contributed by atoms with Gasteiger partial charge < -0.3 is 20.3 Å². The third kappa shape index (κ3) is 7.77. The summed E-state index contributed by atoms with van der Waals surface area (Å²) in [7, 11) is -2.13. The maximum Gasteiger partial charge on any atom is 0.329 e. The van der Waals surface area contributed by atoms with Gasteiger partial charge in [-0.05, 0) is 74.5 Å². The molecule has 2 aliphatic heterocycles. The van der Waals surface area contributed by atoms with Crippen LogP contribution in [0.15, 0.2) is 59.0 Å². The van der Waals surface area contributed by atoms with Crippen LogP contribution in [0.2, 0.25) is 0 Å². The number of nitrogen functional groups attached to an aromatic ring is 1. The fourth-order valence-corrected chi connectivity index (χ4v) is 6.60. The Bertz CT molecular complexity index is 1460. The maximum atomic E-state index is 14.1. The van der Waals surface area contributed by atoms with Crippen molar-refractivity contribution < 1.29 is 22.7 Å².